The van der Waals surface area contributed by atoms with E-state index >= 15 is 0 Å². The number of benzene rings is 17. The summed E-state index contributed by atoms with van der Waals surface area (Å²) < 4.78 is 5.28. The van der Waals surface area contributed by atoms with Crippen LogP contribution >= 0.6 is 22.7 Å². The quantitative estimate of drug-likeness (QED) is 0.140. The molecule has 21 rings (SSSR count). The Hall–Kier alpha value is -11.8. The normalized spacial score (nSPS) is 14.2. The van der Waals surface area contributed by atoms with Crippen LogP contribution in [-0.2, 0) is 0 Å². The fourth-order valence-corrected chi connectivity index (χ4v) is 19.8. The van der Waals surface area contributed by atoms with Gasteiger partial charge in [-0.05, 0) is 207 Å². The van der Waals surface area contributed by atoms with E-state index in [2.05, 4.69) is 340 Å². The predicted molar refractivity (Wildman–Crippen MR) is 425 cm³/mol. The van der Waals surface area contributed by atoms with Crippen molar-refractivity contribution in [1.29, 1.82) is 0 Å². The first-order chi connectivity index (χ1) is 48.6. The maximum atomic E-state index is 2.47. The van der Waals surface area contributed by atoms with Crippen molar-refractivity contribution in [2.45, 2.75) is 11.8 Å². The molecule has 0 saturated heterocycles. The van der Waals surface area contributed by atoms with Gasteiger partial charge in [0.1, 0.15) is 0 Å². The van der Waals surface area contributed by atoms with Crippen LogP contribution < -0.4 is 0 Å². The zero-order valence-electron chi connectivity index (χ0n) is 53.3. The molecule has 0 saturated carbocycles. The Morgan fingerprint density at radius 1 is 0.163 bits per heavy atom. The Morgan fingerprint density at radius 3 is 0.939 bits per heavy atom. The molecule has 98 heavy (non-hydrogen) atoms. The lowest BCUT2D eigenvalue weighted by atomic mass is 9.69. The number of allylic oxidation sites excluding steroid dienone is 4. The average molecular weight is 1280 g/mol. The molecule has 0 amide bonds. The van der Waals surface area contributed by atoms with Gasteiger partial charge in [-0.15, -0.1) is 22.7 Å². The highest BCUT2D eigenvalue weighted by Gasteiger charge is 2.32. The minimum absolute atomic E-state index is 0.348. The minimum atomic E-state index is 0.348. The van der Waals surface area contributed by atoms with Crippen LogP contribution in [0.25, 0.3) is 194 Å². The first kappa shape index (κ1) is 55.5. The van der Waals surface area contributed by atoms with Gasteiger partial charge in [0.25, 0.3) is 0 Å². The van der Waals surface area contributed by atoms with Gasteiger partial charge in [-0.25, -0.2) is 0 Å². The number of hydrogen-bond acceptors (Lipinski definition) is 2. The molecule has 17 aromatic carbocycles. The Labute approximate surface area is 575 Å². The van der Waals surface area contributed by atoms with E-state index in [9.17, 15) is 0 Å². The highest BCUT2D eigenvalue weighted by atomic mass is 32.1. The van der Waals surface area contributed by atoms with E-state index in [1.165, 1.54) is 205 Å². The molecule has 2 atom stereocenters. The summed E-state index contributed by atoms with van der Waals surface area (Å²) in [6, 6.07) is 119. The van der Waals surface area contributed by atoms with E-state index in [1.807, 2.05) is 22.7 Å². The SMILES string of the molecule is C1=CC2c3ccccc3-c3cc(-c4cccc(-c5ccc6c7ccccc7c7cc(-c8ccc9c%10ccccc%10c%10cc(-c%11cccc%12c%11sc%11c(-c%13cccc(-c%14cccc%15c%14sc%14c(-c%16ccccc%16)cccc%14%15)c%13)cccc%11%12)ccc%10c9c8)ccc7c6c5)c4)ccc3C2C=C1. The summed E-state index contributed by atoms with van der Waals surface area (Å²) in [5, 5.41) is 20.4. The molecule has 0 spiro atoms. The van der Waals surface area contributed by atoms with Gasteiger partial charge in [-0.3, -0.25) is 0 Å². The zero-order valence-corrected chi connectivity index (χ0v) is 54.9. The fourth-order valence-electron chi connectivity index (χ4n) is 17.0. The van der Waals surface area contributed by atoms with E-state index < -0.39 is 0 Å². The van der Waals surface area contributed by atoms with Crippen molar-refractivity contribution in [3.05, 3.63) is 351 Å². The van der Waals surface area contributed by atoms with Gasteiger partial charge < -0.3 is 0 Å². The van der Waals surface area contributed by atoms with E-state index in [-0.39, 0.29) is 0 Å². The first-order valence-corrected chi connectivity index (χ1v) is 35.7. The fraction of sp³-hybridized carbons (Fsp3) is 0.0208. The maximum absolute atomic E-state index is 2.47. The smallest absolute Gasteiger partial charge is 0.0434 e. The van der Waals surface area contributed by atoms with Gasteiger partial charge in [0.05, 0.1) is 0 Å². The van der Waals surface area contributed by atoms with Crippen molar-refractivity contribution in [3.8, 4) is 89.0 Å². The molecule has 0 bridgehead atoms. The summed E-state index contributed by atoms with van der Waals surface area (Å²) in [4.78, 5) is 0. The van der Waals surface area contributed by atoms with Gasteiger partial charge in [0.15, 0.2) is 0 Å². The van der Waals surface area contributed by atoms with Gasteiger partial charge in [0.2, 0.25) is 0 Å². The summed E-state index contributed by atoms with van der Waals surface area (Å²) in [5.41, 5.74) is 22.8. The molecule has 2 unspecified atom stereocenters. The summed E-state index contributed by atoms with van der Waals surface area (Å²) in [6.07, 6.45) is 9.17. The van der Waals surface area contributed by atoms with E-state index in [0.717, 1.165) is 0 Å². The monoisotopic (exact) mass is 1270 g/mol. The Balaban J connectivity index is 0.642. The standard InChI is InChI=1S/C96H58S2/c1-2-18-57(19-3-1)67-32-14-36-84-85-37-15-33-68(94(85)97-93(67)84)64-22-13-23-65(51-64)69-34-16-38-86-87-39-17-35-70(96(87)98-95(69)86)66-44-49-83-91-55-62(42-47-81(91)75-28-8-11-31-78(75)92(83)56-66)63-43-48-82-89(54-63)77-30-10-7-27-74(77)80-46-41-61(53-90(80)82)59-21-12-20-58(50-59)60-40-45-79-73-26-5-4-24-71(73)72-25-6-9-29-76(72)88(79)52-60/h1-56,71,73H. The third kappa shape index (κ3) is 8.55. The maximum Gasteiger partial charge on any atom is 0.0434 e. The molecule has 0 aliphatic heterocycles. The average Bonchev–Trinajstić information content (AvgIpc) is 1.03. The zero-order chi connectivity index (χ0) is 64.1. The lowest BCUT2D eigenvalue weighted by molar-refractivity contribution is 0.720. The summed E-state index contributed by atoms with van der Waals surface area (Å²) in [7, 11) is 0. The molecule has 0 nitrogen and oxygen atoms in total. The van der Waals surface area contributed by atoms with Gasteiger partial charge >= 0.3 is 0 Å². The predicted octanol–water partition coefficient (Wildman–Crippen LogP) is 28.0. The number of hydrogen-bond donors (Lipinski definition) is 0. The Bertz CT molecular complexity index is 6690. The van der Waals surface area contributed by atoms with Crippen LogP contribution in [0.4, 0.5) is 0 Å². The highest BCUT2D eigenvalue weighted by Crippen LogP contribution is 2.52. The van der Waals surface area contributed by atoms with Crippen molar-refractivity contribution in [3.63, 3.8) is 0 Å². The second kappa shape index (κ2) is 21.9. The van der Waals surface area contributed by atoms with E-state index in [0.29, 0.717) is 11.8 Å². The van der Waals surface area contributed by atoms with Crippen LogP contribution in [-0.4, -0.2) is 0 Å². The van der Waals surface area contributed by atoms with E-state index in [1.54, 1.807) is 0 Å². The van der Waals surface area contributed by atoms with Crippen LogP contribution in [0.15, 0.2) is 340 Å². The molecule has 0 N–H and O–H groups in total. The Kier molecular flexibility index (Phi) is 12.4. The van der Waals surface area contributed by atoms with E-state index in [4.69, 9.17) is 0 Å². The van der Waals surface area contributed by atoms with Crippen molar-refractivity contribution < 1.29 is 0 Å². The van der Waals surface area contributed by atoms with Crippen LogP contribution in [0.2, 0.25) is 0 Å². The third-order valence-electron chi connectivity index (χ3n) is 21.6. The lowest BCUT2D eigenvalue weighted by Crippen LogP contribution is -2.16. The summed E-state index contributed by atoms with van der Waals surface area (Å²) >= 11 is 3.84. The topological polar surface area (TPSA) is 0 Å². The van der Waals surface area contributed by atoms with Gasteiger partial charge in [-0.2, -0.15) is 0 Å². The van der Waals surface area contributed by atoms with Crippen molar-refractivity contribution in [1.82, 2.24) is 0 Å². The van der Waals surface area contributed by atoms with Gasteiger partial charge in [-0.1, -0.05) is 297 Å². The van der Waals surface area contributed by atoms with Crippen molar-refractivity contribution in [2.24, 2.45) is 0 Å². The molecule has 19 aromatic rings. The van der Waals surface area contributed by atoms with Crippen LogP contribution in [0, 0.1) is 0 Å². The van der Waals surface area contributed by atoms with Gasteiger partial charge in [0, 0.05) is 52.2 Å². The molecule has 2 aromatic heterocycles. The molecule has 454 valence electrons. The Morgan fingerprint density at radius 2 is 0.449 bits per heavy atom. The number of thiophene rings is 2. The molecule has 2 aliphatic carbocycles. The van der Waals surface area contributed by atoms with Crippen molar-refractivity contribution >= 4 is 128 Å². The molecular weight excluding hydrogens is 1220 g/mol. The molecule has 0 fully saturated rings. The molecule has 2 heteroatoms. The second-order valence-electron chi connectivity index (χ2n) is 26.8. The number of rotatable bonds is 7. The number of fused-ring (bicyclic) bond motifs is 24. The first-order valence-electron chi connectivity index (χ1n) is 34.1. The highest BCUT2D eigenvalue weighted by molar-refractivity contribution is 7.27. The minimum Gasteiger partial charge on any atom is -0.134 e. The third-order valence-corrected chi connectivity index (χ3v) is 24.2. The summed E-state index contributed by atoms with van der Waals surface area (Å²) in [5.74, 6) is 0.718. The molecule has 2 heterocycles. The van der Waals surface area contributed by atoms with Crippen LogP contribution in [0.3, 0.4) is 0 Å². The molecular formula is C96H58S2. The lowest BCUT2D eigenvalue weighted by Gasteiger charge is -2.34. The largest absolute Gasteiger partial charge is 0.134 e. The molecule has 0 radical (unpaired) electrons. The summed E-state index contributed by atoms with van der Waals surface area (Å²) in [6.45, 7) is 0. The molecule has 2 aliphatic rings. The van der Waals surface area contributed by atoms with Crippen molar-refractivity contribution in [2.75, 3.05) is 0 Å². The van der Waals surface area contributed by atoms with Crippen LogP contribution in [0.1, 0.15) is 23.0 Å². The van der Waals surface area contributed by atoms with Crippen LogP contribution in [0.5, 0.6) is 0 Å². The second-order valence-corrected chi connectivity index (χ2v) is 28.8.